The van der Waals surface area contributed by atoms with Crippen LogP contribution < -0.4 is 0 Å². The van der Waals surface area contributed by atoms with Crippen LogP contribution in [0, 0.1) is 0 Å². The Labute approximate surface area is 99.3 Å². The molecule has 0 bridgehead atoms. The second-order valence-corrected chi connectivity index (χ2v) is 5.29. The van der Waals surface area contributed by atoms with Crippen molar-refractivity contribution in [2.45, 2.75) is 57.9 Å². The Hall–Kier alpha value is -0.843. The molecule has 0 radical (unpaired) electrons. The summed E-state index contributed by atoms with van der Waals surface area (Å²) in [5, 5.41) is 8.38. The van der Waals surface area contributed by atoms with Crippen molar-refractivity contribution >= 4 is 21.7 Å². The molecule has 0 aliphatic rings. The van der Waals surface area contributed by atoms with Gasteiger partial charge in [0.05, 0.1) is 0 Å². The van der Waals surface area contributed by atoms with E-state index in [1.54, 1.807) is 0 Å². The lowest BCUT2D eigenvalue weighted by atomic mass is 10.2. The molecule has 16 heavy (non-hydrogen) atoms. The fourth-order valence-corrected chi connectivity index (χ4v) is 2.42. The van der Waals surface area contributed by atoms with Crippen molar-refractivity contribution < 1.29 is 19.1 Å². The van der Waals surface area contributed by atoms with E-state index in [9.17, 15) is 9.59 Å². The summed E-state index contributed by atoms with van der Waals surface area (Å²) in [5.41, 5.74) is 0. The minimum atomic E-state index is -0.857. The van der Waals surface area contributed by atoms with Crippen LogP contribution >= 0.6 is 0 Å². The second-order valence-electron chi connectivity index (χ2n) is 3.88. The van der Waals surface area contributed by atoms with Crippen LogP contribution in [0.15, 0.2) is 0 Å². The standard InChI is InChI=1S/C11H22O4Si/c1-2-3-4-5-9-16-15-11(14)8-6-7-10(12)13/h2-9,16H2,1H3,(H,12,13). The molecule has 0 saturated heterocycles. The molecule has 5 heteroatoms. The van der Waals surface area contributed by atoms with Crippen molar-refractivity contribution in [2.24, 2.45) is 0 Å². The number of rotatable bonds is 10. The van der Waals surface area contributed by atoms with Crippen LogP contribution in [-0.2, 0) is 14.0 Å². The first-order valence-electron chi connectivity index (χ1n) is 6.04. The van der Waals surface area contributed by atoms with Gasteiger partial charge in [0.15, 0.2) is 0 Å². The van der Waals surface area contributed by atoms with Gasteiger partial charge >= 0.3 is 5.97 Å². The van der Waals surface area contributed by atoms with Gasteiger partial charge in [0, 0.05) is 12.8 Å². The van der Waals surface area contributed by atoms with Gasteiger partial charge < -0.3 is 9.53 Å². The van der Waals surface area contributed by atoms with Crippen LogP contribution in [0.3, 0.4) is 0 Å². The fourth-order valence-electron chi connectivity index (χ4n) is 1.35. The van der Waals surface area contributed by atoms with Crippen molar-refractivity contribution in [2.75, 3.05) is 0 Å². The summed E-state index contributed by atoms with van der Waals surface area (Å²) in [6.07, 6.45) is 5.53. The first-order chi connectivity index (χ1) is 7.66. The van der Waals surface area contributed by atoms with E-state index in [2.05, 4.69) is 6.92 Å². The summed E-state index contributed by atoms with van der Waals surface area (Å²) in [7, 11) is -0.708. The second kappa shape index (κ2) is 10.7. The summed E-state index contributed by atoms with van der Waals surface area (Å²) in [6.45, 7) is 2.17. The maximum Gasteiger partial charge on any atom is 0.303 e. The summed E-state index contributed by atoms with van der Waals surface area (Å²) >= 11 is 0. The van der Waals surface area contributed by atoms with Crippen LogP contribution in [0.25, 0.3) is 0 Å². The molecule has 0 saturated carbocycles. The Balaban J connectivity index is 3.20. The predicted octanol–water partition coefficient (Wildman–Crippen LogP) is 1.87. The van der Waals surface area contributed by atoms with Gasteiger partial charge in [-0.3, -0.25) is 9.59 Å². The summed E-state index contributed by atoms with van der Waals surface area (Å²) in [5.74, 6) is -1.08. The number of aliphatic carboxylic acids is 1. The van der Waals surface area contributed by atoms with E-state index in [1.807, 2.05) is 0 Å². The molecule has 0 rings (SSSR count). The Bertz CT molecular complexity index is 206. The maximum atomic E-state index is 11.1. The zero-order chi connectivity index (χ0) is 12.2. The van der Waals surface area contributed by atoms with Gasteiger partial charge in [-0.05, 0) is 12.5 Å². The van der Waals surface area contributed by atoms with Crippen LogP contribution in [0.5, 0.6) is 0 Å². The number of carbonyl (C=O) groups excluding carboxylic acids is 1. The van der Waals surface area contributed by atoms with E-state index < -0.39 is 15.7 Å². The van der Waals surface area contributed by atoms with Crippen LogP contribution in [0.2, 0.25) is 6.04 Å². The minimum absolute atomic E-state index is 0.0488. The van der Waals surface area contributed by atoms with Crippen molar-refractivity contribution in [3.8, 4) is 0 Å². The predicted molar refractivity (Wildman–Crippen MR) is 65.1 cm³/mol. The van der Waals surface area contributed by atoms with Crippen LogP contribution in [-0.4, -0.2) is 26.8 Å². The number of hydrogen-bond donors (Lipinski definition) is 1. The van der Waals surface area contributed by atoms with Crippen LogP contribution in [0.1, 0.15) is 51.9 Å². The molecule has 0 fully saturated rings. The quantitative estimate of drug-likeness (QED) is 0.472. The van der Waals surface area contributed by atoms with Gasteiger partial charge in [0.25, 0.3) is 5.97 Å². The molecule has 1 N–H and O–H groups in total. The molecule has 0 heterocycles. The molecule has 0 aromatic carbocycles. The monoisotopic (exact) mass is 246 g/mol. The minimum Gasteiger partial charge on any atom is -0.525 e. The smallest absolute Gasteiger partial charge is 0.303 e. The highest BCUT2D eigenvalue weighted by atomic mass is 28.2. The van der Waals surface area contributed by atoms with E-state index in [4.69, 9.17) is 9.53 Å². The average molecular weight is 246 g/mol. The van der Waals surface area contributed by atoms with E-state index in [-0.39, 0.29) is 18.8 Å². The molecule has 0 atom stereocenters. The number of carbonyl (C=O) groups is 2. The normalized spacial score (nSPS) is 10.8. The van der Waals surface area contributed by atoms with Gasteiger partial charge in [-0.1, -0.05) is 32.6 Å². The fraction of sp³-hybridized carbons (Fsp3) is 0.818. The third-order valence-corrected chi connectivity index (χ3v) is 3.60. The summed E-state index contributed by atoms with van der Waals surface area (Å²) in [6, 6.07) is 1.05. The lowest BCUT2D eigenvalue weighted by molar-refractivity contribution is -0.137. The Morgan fingerprint density at radius 1 is 1.12 bits per heavy atom. The van der Waals surface area contributed by atoms with Gasteiger partial charge in [-0.15, -0.1) is 0 Å². The first kappa shape index (κ1) is 15.2. The highest BCUT2D eigenvalue weighted by Gasteiger charge is 2.04. The van der Waals surface area contributed by atoms with Crippen LogP contribution in [0.4, 0.5) is 0 Å². The Morgan fingerprint density at radius 3 is 2.50 bits per heavy atom. The Kier molecular flexibility index (Phi) is 10.1. The van der Waals surface area contributed by atoms with E-state index in [1.165, 1.54) is 19.3 Å². The molecular weight excluding hydrogens is 224 g/mol. The van der Waals surface area contributed by atoms with E-state index in [0.29, 0.717) is 6.42 Å². The third kappa shape index (κ3) is 11.2. The largest absolute Gasteiger partial charge is 0.525 e. The maximum absolute atomic E-state index is 11.1. The molecule has 0 spiro atoms. The molecule has 94 valence electrons. The van der Waals surface area contributed by atoms with Crippen molar-refractivity contribution in [3.05, 3.63) is 0 Å². The highest BCUT2D eigenvalue weighted by molar-refractivity contribution is 6.30. The molecule has 0 aromatic heterocycles. The van der Waals surface area contributed by atoms with Crippen molar-refractivity contribution in [3.63, 3.8) is 0 Å². The third-order valence-electron chi connectivity index (χ3n) is 2.28. The number of carboxylic acid groups (broad SMARTS) is 1. The molecule has 0 aliphatic heterocycles. The highest BCUT2D eigenvalue weighted by Crippen LogP contribution is 2.03. The molecular formula is C11H22O4Si. The van der Waals surface area contributed by atoms with Gasteiger partial charge in [0.1, 0.15) is 0 Å². The summed E-state index contributed by atoms with van der Waals surface area (Å²) < 4.78 is 5.11. The number of carboxylic acids is 1. The van der Waals surface area contributed by atoms with Crippen molar-refractivity contribution in [1.29, 1.82) is 0 Å². The lowest BCUT2D eigenvalue weighted by Gasteiger charge is -2.03. The number of hydrogen-bond acceptors (Lipinski definition) is 3. The molecule has 0 unspecified atom stereocenters. The van der Waals surface area contributed by atoms with Crippen molar-refractivity contribution in [1.82, 2.24) is 0 Å². The van der Waals surface area contributed by atoms with Gasteiger partial charge in [-0.25, -0.2) is 0 Å². The molecule has 0 aliphatic carbocycles. The van der Waals surface area contributed by atoms with E-state index >= 15 is 0 Å². The van der Waals surface area contributed by atoms with E-state index in [0.717, 1.165) is 12.5 Å². The number of unbranched alkanes of at least 4 members (excludes halogenated alkanes) is 3. The molecule has 0 amide bonds. The first-order valence-corrected chi connectivity index (χ1v) is 7.62. The SMILES string of the molecule is CCCCCC[SiH2]OC(=O)CCCC(=O)O. The zero-order valence-electron chi connectivity index (χ0n) is 10.0. The zero-order valence-corrected chi connectivity index (χ0v) is 11.5. The lowest BCUT2D eigenvalue weighted by Crippen LogP contribution is -2.09. The van der Waals surface area contributed by atoms with Gasteiger partial charge in [-0.2, -0.15) is 0 Å². The topological polar surface area (TPSA) is 63.6 Å². The molecule has 4 nitrogen and oxygen atoms in total. The van der Waals surface area contributed by atoms with Gasteiger partial charge in [0.2, 0.25) is 9.76 Å². The Morgan fingerprint density at radius 2 is 1.88 bits per heavy atom. The molecule has 0 aromatic rings. The summed E-state index contributed by atoms with van der Waals surface area (Å²) in [4.78, 5) is 21.3. The average Bonchev–Trinajstić information content (AvgIpc) is 2.22.